The third kappa shape index (κ3) is 3.48. The van der Waals surface area contributed by atoms with Crippen LogP contribution in [-0.2, 0) is 0 Å². The normalized spacial score (nSPS) is 18.3. The molecule has 1 aromatic heterocycles. The van der Waals surface area contributed by atoms with Gasteiger partial charge in [-0.2, -0.15) is 0 Å². The van der Waals surface area contributed by atoms with Crippen LogP contribution >= 0.6 is 15.9 Å². The van der Waals surface area contributed by atoms with Crippen LogP contribution in [0.4, 0.5) is 0 Å². The summed E-state index contributed by atoms with van der Waals surface area (Å²) in [4.78, 5) is 30.0. The maximum absolute atomic E-state index is 12.7. The number of nitrogens with zero attached hydrogens (tertiary/aromatic N) is 1. The highest BCUT2D eigenvalue weighted by Gasteiger charge is 2.25. The van der Waals surface area contributed by atoms with Crippen molar-refractivity contribution in [3.05, 3.63) is 44.7 Å². The molecule has 2 N–H and O–H groups in total. The number of H-pyrrole nitrogens is 1. The van der Waals surface area contributed by atoms with Crippen LogP contribution < -0.4 is 10.7 Å². The topological polar surface area (TPSA) is 65.2 Å². The second-order valence-corrected chi connectivity index (χ2v) is 6.97. The fourth-order valence-corrected chi connectivity index (χ4v) is 3.57. The monoisotopic (exact) mass is 377 g/mol. The summed E-state index contributed by atoms with van der Waals surface area (Å²) in [6, 6.07) is 6.86. The number of nitrogens with one attached hydrogen (secondary N) is 2. The summed E-state index contributed by atoms with van der Waals surface area (Å²) in [7, 11) is 1.93. The van der Waals surface area contributed by atoms with Gasteiger partial charge in [-0.25, -0.2) is 0 Å². The van der Waals surface area contributed by atoms with Gasteiger partial charge in [-0.3, -0.25) is 9.59 Å². The number of aromatic nitrogens is 1. The van der Waals surface area contributed by atoms with E-state index in [2.05, 4.69) is 26.2 Å². The van der Waals surface area contributed by atoms with Crippen molar-refractivity contribution >= 4 is 32.7 Å². The van der Waals surface area contributed by atoms with E-state index in [0.717, 1.165) is 36.9 Å². The van der Waals surface area contributed by atoms with Gasteiger partial charge in [-0.1, -0.05) is 15.9 Å². The summed E-state index contributed by atoms with van der Waals surface area (Å²) < 4.78 is 0.848. The molecule has 1 aliphatic rings. The Morgan fingerprint density at radius 2 is 2.26 bits per heavy atom. The number of carbonyl (C=O) groups excluding carboxylic acids is 1. The molecule has 1 fully saturated rings. The lowest BCUT2D eigenvalue weighted by molar-refractivity contribution is 0.0668. The van der Waals surface area contributed by atoms with Gasteiger partial charge in [0, 0.05) is 34.5 Å². The first kappa shape index (κ1) is 16.2. The summed E-state index contributed by atoms with van der Waals surface area (Å²) in [5.41, 5.74) is 0.926. The van der Waals surface area contributed by atoms with E-state index in [4.69, 9.17) is 0 Å². The van der Waals surface area contributed by atoms with Crippen molar-refractivity contribution in [3.63, 3.8) is 0 Å². The maximum Gasteiger partial charge on any atom is 0.270 e. The molecule has 1 atom stereocenters. The Kier molecular flexibility index (Phi) is 4.82. The third-order valence-electron chi connectivity index (χ3n) is 4.32. The Morgan fingerprint density at radius 1 is 1.43 bits per heavy atom. The lowest BCUT2D eigenvalue weighted by Gasteiger charge is -2.32. The van der Waals surface area contributed by atoms with Crippen molar-refractivity contribution in [2.75, 3.05) is 26.7 Å². The summed E-state index contributed by atoms with van der Waals surface area (Å²) >= 11 is 3.36. The Hall–Kier alpha value is -1.66. The minimum atomic E-state index is -0.132. The van der Waals surface area contributed by atoms with Crippen molar-refractivity contribution in [2.24, 2.45) is 5.92 Å². The van der Waals surface area contributed by atoms with Gasteiger partial charge in [0.25, 0.3) is 5.91 Å². The number of benzene rings is 1. The van der Waals surface area contributed by atoms with E-state index in [9.17, 15) is 9.59 Å². The van der Waals surface area contributed by atoms with E-state index in [-0.39, 0.29) is 11.3 Å². The number of hydrogen-bond acceptors (Lipinski definition) is 3. The van der Waals surface area contributed by atoms with Gasteiger partial charge in [-0.15, -0.1) is 0 Å². The molecule has 122 valence electrons. The fourth-order valence-electron chi connectivity index (χ4n) is 3.21. The predicted octanol–water partition coefficient (Wildman–Crippen LogP) is 2.36. The van der Waals surface area contributed by atoms with Crippen LogP contribution in [-0.4, -0.2) is 42.5 Å². The van der Waals surface area contributed by atoms with Crippen molar-refractivity contribution in [1.82, 2.24) is 15.2 Å². The molecule has 1 amide bonds. The highest BCUT2D eigenvalue weighted by Crippen LogP contribution is 2.19. The summed E-state index contributed by atoms with van der Waals surface area (Å²) in [6.07, 6.45) is 2.13. The summed E-state index contributed by atoms with van der Waals surface area (Å²) in [6.45, 7) is 2.39. The minimum Gasteiger partial charge on any atom is -0.350 e. The SMILES string of the molecule is CNC[C@@H]1CCCN(C(=O)c2cc(=O)c3cc(Br)ccc3[nH]2)C1. The molecule has 3 rings (SSSR count). The first-order valence-electron chi connectivity index (χ1n) is 7.85. The standard InChI is InChI=1S/C17H20BrN3O2/c1-19-9-11-3-2-6-21(10-11)17(23)15-8-16(22)13-7-12(18)4-5-14(13)20-15/h4-5,7-8,11,19H,2-3,6,9-10H2,1H3,(H,20,22)/t11-/m0/s1. The van der Waals surface area contributed by atoms with Gasteiger partial charge < -0.3 is 15.2 Å². The molecule has 0 bridgehead atoms. The average Bonchev–Trinajstić information content (AvgIpc) is 2.55. The van der Waals surface area contributed by atoms with Crippen molar-refractivity contribution < 1.29 is 4.79 Å². The molecule has 1 aliphatic heterocycles. The van der Waals surface area contributed by atoms with Crippen LogP contribution in [0.25, 0.3) is 10.9 Å². The molecule has 0 saturated carbocycles. The highest BCUT2D eigenvalue weighted by atomic mass is 79.9. The quantitative estimate of drug-likeness (QED) is 0.862. The third-order valence-corrected chi connectivity index (χ3v) is 4.81. The summed E-state index contributed by atoms with van der Waals surface area (Å²) in [5, 5.41) is 3.76. The molecule has 0 aliphatic carbocycles. The molecule has 5 nitrogen and oxygen atoms in total. The van der Waals surface area contributed by atoms with Gasteiger partial charge in [0.2, 0.25) is 0 Å². The zero-order valence-corrected chi connectivity index (χ0v) is 14.6. The minimum absolute atomic E-state index is 0.0901. The van der Waals surface area contributed by atoms with Gasteiger partial charge in [0.1, 0.15) is 5.69 Å². The second-order valence-electron chi connectivity index (χ2n) is 6.05. The second kappa shape index (κ2) is 6.84. The summed E-state index contributed by atoms with van der Waals surface area (Å²) in [5.74, 6) is 0.383. The first-order valence-corrected chi connectivity index (χ1v) is 8.64. The van der Waals surface area contributed by atoms with Gasteiger partial charge in [0.05, 0.1) is 0 Å². The van der Waals surface area contributed by atoms with Gasteiger partial charge in [-0.05, 0) is 50.6 Å². The number of carbonyl (C=O) groups is 1. The zero-order valence-electron chi connectivity index (χ0n) is 13.1. The van der Waals surface area contributed by atoms with Crippen molar-refractivity contribution in [2.45, 2.75) is 12.8 Å². The number of fused-ring (bicyclic) bond motifs is 1. The Bertz CT molecular complexity index is 785. The molecular weight excluding hydrogens is 358 g/mol. The van der Waals surface area contributed by atoms with E-state index in [1.165, 1.54) is 6.07 Å². The smallest absolute Gasteiger partial charge is 0.270 e. The van der Waals surface area contributed by atoms with E-state index >= 15 is 0 Å². The molecule has 0 radical (unpaired) electrons. The van der Waals surface area contributed by atoms with Crippen LogP contribution in [0.2, 0.25) is 0 Å². The molecule has 2 aromatic rings. The van der Waals surface area contributed by atoms with Crippen LogP contribution in [0.15, 0.2) is 33.5 Å². The van der Waals surface area contributed by atoms with Gasteiger partial charge >= 0.3 is 0 Å². The van der Waals surface area contributed by atoms with E-state index in [1.807, 2.05) is 24.1 Å². The number of piperidine rings is 1. The van der Waals surface area contributed by atoms with E-state index in [0.29, 0.717) is 22.5 Å². The number of likely N-dealkylation sites (tertiary alicyclic amines) is 1. The lowest BCUT2D eigenvalue weighted by Crippen LogP contribution is -2.43. The number of pyridine rings is 1. The molecule has 0 spiro atoms. The van der Waals surface area contributed by atoms with Crippen molar-refractivity contribution in [3.8, 4) is 0 Å². The van der Waals surface area contributed by atoms with Crippen LogP contribution in [0, 0.1) is 5.92 Å². The molecular formula is C17H20BrN3O2. The van der Waals surface area contributed by atoms with Crippen LogP contribution in [0.5, 0.6) is 0 Å². The molecule has 23 heavy (non-hydrogen) atoms. The number of halogens is 1. The average molecular weight is 378 g/mol. The maximum atomic E-state index is 12.7. The van der Waals surface area contributed by atoms with Gasteiger partial charge in [0.15, 0.2) is 5.43 Å². The van der Waals surface area contributed by atoms with E-state index < -0.39 is 0 Å². The predicted molar refractivity (Wildman–Crippen MR) is 94.8 cm³/mol. The molecule has 0 unspecified atom stereocenters. The van der Waals surface area contributed by atoms with Crippen molar-refractivity contribution in [1.29, 1.82) is 0 Å². The zero-order chi connectivity index (χ0) is 16.4. The van der Waals surface area contributed by atoms with E-state index in [1.54, 1.807) is 6.07 Å². The molecule has 2 heterocycles. The van der Waals surface area contributed by atoms with Crippen LogP contribution in [0.3, 0.4) is 0 Å². The first-order chi connectivity index (χ1) is 11.1. The Morgan fingerprint density at radius 3 is 3.04 bits per heavy atom. The van der Waals surface area contributed by atoms with Crippen LogP contribution in [0.1, 0.15) is 23.3 Å². The lowest BCUT2D eigenvalue weighted by atomic mass is 9.97. The highest BCUT2D eigenvalue weighted by molar-refractivity contribution is 9.10. The molecule has 6 heteroatoms. The number of hydrogen-bond donors (Lipinski definition) is 2. The number of amides is 1. The molecule has 1 saturated heterocycles. The fraction of sp³-hybridized carbons (Fsp3) is 0.412. The molecule has 1 aromatic carbocycles. The number of aromatic amines is 1. The number of rotatable bonds is 3. The Balaban J connectivity index is 1.89. The largest absolute Gasteiger partial charge is 0.350 e. The Labute approximate surface area is 143 Å².